The second kappa shape index (κ2) is 6.02. The third-order valence-electron chi connectivity index (χ3n) is 3.00. The summed E-state index contributed by atoms with van der Waals surface area (Å²) in [6.45, 7) is 7.51. The molecule has 110 valence electrons. The number of carbonyl (C=O) groups is 1. The van der Waals surface area contributed by atoms with Gasteiger partial charge in [-0.15, -0.1) is 0 Å². The molecule has 2 nitrogen and oxygen atoms in total. The summed E-state index contributed by atoms with van der Waals surface area (Å²) in [5.74, 6) is -0.309. The molecule has 21 heavy (non-hydrogen) atoms. The van der Waals surface area contributed by atoms with Crippen molar-refractivity contribution in [2.24, 2.45) is 0 Å². The third kappa shape index (κ3) is 4.43. The molecule has 0 atom stereocenters. The molecule has 0 heterocycles. The van der Waals surface area contributed by atoms with Crippen LogP contribution in [0, 0.1) is 0 Å². The van der Waals surface area contributed by atoms with Gasteiger partial charge in [0, 0.05) is 10.5 Å². The van der Waals surface area contributed by atoms with Crippen molar-refractivity contribution in [1.29, 1.82) is 0 Å². The molecule has 0 amide bonds. The number of allylic oxidation sites excluding steroid dienone is 1. The number of carbonyl (C=O) groups excluding carboxylic acids is 1. The molecular formula is C18H19BrO2. The molecule has 0 saturated carbocycles. The minimum absolute atomic E-state index is 0.309. The van der Waals surface area contributed by atoms with Crippen LogP contribution in [-0.2, 0) is 9.53 Å². The smallest absolute Gasteiger partial charge is 0.331 e. The second-order valence-electron chi connectivity index (χ2n) is 6.07. The summed E-state index contributed by atoms with van der Waals surface area (Å²) >= 11 is 3.47. The van der Waals surface area contributed by atoms with Crippen LogP contribution in [0.4, 0.5) is 0 Å². The predicted molar refractivity (Wildman–Crippen MR) is 91.1 cm³/mol. The lowest BCUT2D eigenvalue weighted by Gasteiger charge is -2.18. The minimum Gasteiger partial charge on any atom is -0.457 e. The first-order valence-electron chi connectivity index (χ1n) is 6.85. The molecule has 3 heteroatoms. The standard InChI is InChI=1S/C18H19BrO2/c1-12(9-17(20)21-18(2,3)4)13-5-6-15-11-16(19)8-7-14(15)10-13/h5-11H,1-4H3/b12-9+. The van der Waals surface area contributed by atoms with E-state index in [1.165, 1.54) is 0 Å². The van der Waals surface area contributed by atoms with Gasteiger partial charge in [0.25, 0.3) is 0 Å². The van der Waals surface area contributed by atoms with Crippen molar-refractivity contribution in [2.45, 2.75) is 33.3 Å². The quantitative estimate of drug-likeness (QED) is 0.541. The van der Waals surface area contributed by atoms with Gasteiger partial charge in [0.15, 0.2) is 0 Å². The fourth-order valence-electron chi connectivity index (χ4n) is 2.05. The number of benzene rings is 2. The molecule has 0 bridgehead atoms. The highest BCUT2D eigenvalue weighted by atomic mass is 79.9. The summed E-state index contributed by atoms with van der Waals surface area (Å²) in [5.41, 5.74) is 1.45. The fraction of sp³-hybridized carbons (Fsp3) is 0.278. The van der Waals surface area contributed by atoms with E-state index in [2.05, 4.69) is 40.2 Å². The summed E-state index contributed by atoms with van der Waals surface area (Å²) < 4.78 is 6.37. The summed E-state index contributed by atoms with van der Waals surface area (Å²) in [4.78, 5) is 11.8. The molecule has 2 aromatic rings. The van der Waals surface area contributed by atoms with Gasteiger partial charge < -0.3 is 4.74 Å². The van der Waals surface area contributed by atoms with E-state index >= 15 is 0 Å². The lowest BCUT2D eigenvalue weighted by molar-refractivity contribution is -0.148. The Labute approximate surface area is 133 Å². The molecule has 0 aliphatic heterocycles. The Morgan fingerprint density at radius 3 is 2.38 bits per heavy atom. The van der Waals surface area contributed by atoms with Crippen LogP contribution in [0.5, 0.6) is 0 Å². The van der Waals surface area contributed by atoms with Crippen LogP contribution in [0.2, 0.25) is 0 Å². The van der Waals surface area contributed by atoms with Crippen LogP contribution in [0.25, 0.3) is 16.3 Å². The van der Waals surface area contributed by atoms with Gasteiger partial charge in [-0.1, -0.05) is 34.1 Å². The molecule has 0 radical (unpaired) electrons. The summed E-state index contributed by atoms with van der Waals surface area (Å²) in [7, 11) is 0. The van der Waals surface area contributed by atoms with E-state index in [4.69, 9.17) is 4.74 Å². The molecule has 0 aromatic heterocycles. The Balaban J connectivity index is 2.29. The number of esters is 1. The Kier molecular flexibility index (Phi) is 4.52. The van der Waals surface area contributed by atoms with Crippen LogP contribution < -0.4 is 0 Å². The van der Waals surface area contributed by atoms with Gasteiger partial charge in [0.2, 0.25) is 0 Å². The lowest BCUT2D eigenvalue weighted by atomic mass is 10.0. The number of halogens is 1. The Bertz CT molecular complexity index is 709. The van der Waals surface area contributed by atoms with Crippen LogP contribution in [0.1, 0.15) is 33.3 Å². The van der Waals surface area contributed by atoms with E-state index in [9.17, 15) is 4.79 Å². The van der Waals surface area contributed by atoms with E-state index in [1.807, 2.05) is 39.8 Å². The third-order valence-corrected chi connectivity index (χ3v) is 3.49. The highest BCUT2D eigenvalue weighted by molar-refractivity contribution is 9.10. The Hall–Kier alpha value is -1.61. The average Bonchev–Trinajstić information content (AvgIpc) is 2.35. The van der Waals surface area contributed by atoms with E-state index in [0.29, 0.717) is 0 Å². The van der Waals surface area contributed by atoms with Gasteiger partial charge in [-0.05, 0) is 67.8 Å². The van der Waals surface area contributed by atoms with E-state index in [-0.39, 0.29) is 5.97 Å². The predicted octanol–water partition coefficient (Wildman–Crippen LogP) is 5.35. The molecule has 0 aliphatic carbocycles. The summed E-state index contributed by atoms with van der Waals surface area (Å²) in [6, 6.07) is 12.3. The average molecular weight is 347 g/mol. The molecule has 0 aliphatic rings. The topological polar surface area (TPSA) is 26.3 Å². The zero-order valence-electron chi connectivity index (χ0n) is 12.7. The van der Waals surface area contributed by atoms with Gasteiger partial charge in [-0.3, -0.25) is 0 Å². The maximum atomic E-state index is 11.8. The highest BCUT2D eigenvalue weighted by Gasteiger charge is 2.14. The molecule has 0 fully saturated rings. The normalized spacial score (nSPS) is 12.5. The first-order chi connectivity index (χ1) is 9.74. The van der Waals surface area contributed by atoms with Gasteiger partial charge in [-0.25, -0.2) is 4.79 Å². The van der Waals surface area contributed by atoms with Crippen LogP contribution >= 0.6 is 15.9 Å². The maximum Gasteiger partial charge on any atom is 0.331 e. The largest absolute Gasteiger partial charge is 0.457 e. The molecule has 2 rings (SSSR count). The number of fused-ring (bicyclic) bond motifs is 1. The maximum absolute atomic E-state index is 11.8. The van der Waals surface area contributed by atoms with Crippen molar-refractivity contribution < 1.29 is 9.53 Å². The second-order valence-corrected chi connectivity index (χ2v) is 6.98. The fourth-order valence-corrected chi connectivity index (χ4v) is 2.43. The molecule has 0 N–H and O–H groups in total. The van der Waals surface area contributed by atoms with E-state index in [0.717, 1.165) is 26.4 Å². The number of hydrogen-bond donors (Lipinski definition) is 0. The van der Waals surface area contributed by atoms with Crippen LogP contribution in [-0.4, -0.2) is 11.6 Å². The van der Waals surface area contributed by atoms with Gasteiger partial charge in [-0.2, -0.15) is 0 Å². The van der Waals surface area contributed by atoms with Gasteiger partial charge >= 0.3 is 5.97 Å². The highest BCUT2D eigenvalue weighted by Crippen LogP contribution is 2.24. The zero-order chi connectivity index (χ0) is 15.6. The number of rotatable bonds is 2. The molecular weight excluding hydrogens is 328 g/mol. The van der Waals surface area contributed by atoms with Crippen molar-refractivity contribution in [3.63, 3.8) is 0 Å². The van der Waals surface area contributed by atoms with Gasteiger partial charge in [0.05, 0.1) is 0 Å². The molecule has 0 spiro atoms. The minimum atomic E-state index is -0.469. The van der Waals surface area contributed by atoms with Crippen molar-refractivity contribution in [2.75, 3.05) is 0 Å². The van der Waals surface area contributed by atoms with Crippen LogP contribution in [0.3, 0.4) is 0 Å². The summed E-state index contributed by atoms with van der Waals surface area (Å²) in [6.07, 6.45) is 1.55. The van der Waals surface area contributed by atoms with Crippen molar-refractivity contribution >= 4 is 38.2 Å². The lowest BCUT2D eigenvalue weighted by Crippen LogP contribution is -2.22. The van der Waals surface area contributed by atoms with Crippen molar-refractivity contribution in [1.82, 2.24) is 0 Å². The van der Waals surface area contributed by atoms with Crippen molar-refractivity contribution in [3.05, 3.63) is 52.5 Å². The van der Waals surface area contributed by atoms with E-state index < -0.39 is 5.60 Å². The van der Waals surface area contributed by atoms with Crippen LogP contribution in [0.15, 0.2) is 46.9 Å². The first kappa shape index (κ1) is 15.8. The summed E-state index contributed by atoms with van der Waals surface area (Å²) in [5, 5.41) is 2.31. The van der Waals surface area contributed by atoms with Gasteiger partial charge in [0.1, 0.15) is 5.60 Å². The van der Waals surface area contributed by atoms with Crippen molar-refractivity contribution in [3.8, 4) is 0 Å². The molecule has 0 unspecified atom stereocenters. The molecule has 2 aromatic carbocycles. The SMILES string of the molecule is C/C(=C\C(=O)OC(C)(C)C)c1ccc2cc(Br)ccc2c1. The Morgan fingerprint density at radius 1 is 1.10 bits per heavy atom. The van der Waals surface area contributed by atoms with E-state index in [1.54, 1.807) is 6.08 Å². The monoisotopic (exact) mass is 346 g/mol. The Morgan fingerprint density at radius 2 is 1.71 bits per heavy atom. The number of ether oxygens (including phenoxy) is 1. The first-order valence-corrected chi connectivity index (χ1v) is 7.65. The molecule has 0 saturated heterocycles. The number of hydrogen-bond acceptors (Lipinski definition) is 2. The zero-order valence-corrected chi connectivity index (χ0v) is 14.3.